The Kier molecular flexibility index (Phi) is 6.28. The summed E-state index contributed by atoms with van der Waals surface area (Å²) >= 11 is 5.88. The number of nitrogens with one attached hydrogen (secondary N) is 2. The molecule has 0 aliphatic rings. The van der Waals surface area contributed by atoms with E-state index in [1.807, 2.05) is 49.4 Å². The highest BCUT2D eigenvalue weighted by molar-refractivity contribution is 6.30. The molecule has 0 aliphatic heterocycles. The second-order valence-corrected chi connectivity index (χ2v) is 6.23. The zero-order valence-corrected chi connectivity index (χ0v) is 15.7. The number of amides is 1. The van der Waals surface area contributed by atoms with E-state index in [0.29, 0.717) is 41.0 Å². The van der Waals surface area contributed by atoms with E-state index in [4.69, 9.17) is 16.3 Å². The van der Waals surface area contributed by atoms with Gasteiger partial charge in [-0.3, -0.25) is 4.79 Å². The second kappa shape index (κ2) is 9.05. The zero-order valence-electron chi connectivity index (χ0n) is 14.9. The lowest BCUT2D eigenvalue weighted by atomic mass is 10.2. The van der Waals surface area contributed by atoms with Crippen molar-refractivity contribution in [3.05, 3.63) is 83.0 Å². The van der Waals surface area contributed by atoms with Crippen LogP contribution in [0.5, 0.6) is 5.75 Å². The molecule has 0 radical (unpaired) electrons. The number of carbonyl (C=O) groups is 1. The average Bonchev–Trinajstić information content (AvgIpc) is 2.69. The van der Waals surface area contributed by atoms with E-state index in [9.17, 15) is 4.79 Å². The number of nitrogens with zero attached hydrogens (tertiary/aromatic N) is 1. The van der Waals surface area contributed by atoms with Crippen LogP contribution in [0.25, 0.3) is 0 Å². The predicted octanol–water partition coefficient (Wildman–Crippen LogP) is 5.00. The van der Waals surface area contributed by atoms with Gasteiger partial charge in [-0.15, -0.1) is 0 Å². The van der Waals surface area contributed by atoms with Crippen molar-refractivity contribution in [3.8, 4) is 5.75 Å². The zero-order chi connectivity index (χ0) is 19.1. The summed E-state index contributed by atoms with van der Waals surface area (Å²) in [6.45, 7) is 3.05. The minimum absolute atomic E-state index is 0.237. The van der Waals surface area contributed by atoms with Crippen LogP contribution in [0.2, 0.25) is 5.02 Å². The van der Waals surface area contributed by atoms with Crippen LogP contribution in [0.15, 0.2) is 66.9 Å². The van der Waals surface area contributed by atoms with Crippen LogP contribution in [-0.2, 0) is 6.54 Å². The fourth-order valence-corrected chi connectivity index (χ4v) is 2.60. The van der Waals surface area contributed by atoms with Crippen LogP contribution >= 0.6 is 11.6 Å². The Hall–Kier alpha value is -3.05. The molecule has 0 saturated heterocycles. The molecule has 0 aliphatic carbocycles. The van der Waals surface area contributed by atoms with Gasteiger partial charge in [0.1, 0.15) is 11.6 Å². The number of hydrogen-bond acceptors (Lipinski definition) is 4. The van der Waals surface area contributed by atoms with Gasteiger partial charge in [-0.05, 0) is 48.9 Å². The van der Waals surface area contributed by atoms with Crippen molar-refractivity contribution < 1.29 is 9.53 Å². The molecule has 0 atom stereocenters. The van der Waals surface area contributed by atoms with Gasteiger partial charge in [0.25, 0.3) is 5.91 Å². The molecule has 0 unspecified atom stereocenters. The van der Waals surface area contributed by atoms with E-state index in [-0.39, 0.29) is 5.91 Å². The van der Waals surface area contributed by atoms with Gasteiger partial charge in [0.05, 0.1) is 17.9 Å². The number of benzene rings is 2. The average molecular weight is 382 g/mol. The molecule has 2 aromatic carbocycles. The third-order valence-corrected chi connectivity index (χ3v) is 4.10. The van der Waals surface area contributed by atoms with E-state index >= 15 is 0 Å². The summed E-state index contributed by atoms with van der Waals surface area (Å²) in [6.07, 6.45) is 1.54. The second-order valence-electron chi connectivity index (χ2n) is 5.80. The molecule has 3 aromatic rings. The summed E-state index contributed by atoms with van der Waals surface area (Å²) in [5.41, 5.74) is 2.20. The number of hydrogen-bond donors (Lipinski definition) is 2. The number of pyridine rings is 1. The smallest absolute Gasteiger partial charge is 0.257 e. The van der Waals surface area contributed by atoms with Gasteiger partial charge >= 0.3 is 0 Å². The first-order valence-corrected chi connectivity index (χ1v) is 9.01. The van der Waals surface area contributed by atoms with E-state index in [2.05, 4.69) is 15.6 Å². The highest BCUT2D eigenvalue weighted by atomic mass is 35.5. The van der Waals surface area contributed by atoms with Crippen molar-refractivity contribution in [2.45, 2.75) is 13.5 Å². The maximum absolute atomic E-state index is 12.5. The molecule has 0 spiro atoms. The standard InChI is InChI=1S/C21H20ClN3O2/c1-2-27-19-6-4-3-5-18(19)25-21(26)16-9-12-20(24-14-16)23-13-15-7-10-17(22)11-8-15/h3-12,14H,2,13H2,1H3,(H,23,24)(H,25,26). The van der Waals surface area contributed by atoms with Crippen molar-refractivity contribution in [2.75, 3.05) is 17.2 Å². The minimum atomic E-state index is -0.237. The van der Waals surface area contributed by atoms with Crippen molar-refractivity contribution >= 4 is 29.0 Å². The number of ether oxygens (including phenoxy) is 1. The Labute approximate surface area is 163 Å². The maximum Gasteiger partial charge on any atom is 0.257 e. The third kappa shape index (κ3) is 5.21. The third-order valence-electron chi connectivity index (χ3n) is 3.85. The van der Waals surface area contributed by atoms with Crippen molar-refractivity contribution in [2.24, 2.45) is 0 Å². The normalized spacial score (nSPS) is 10.3. The van der Waals surface area contributed by atoms with Gasteiger partial charge in [-0.1, -0.05) is 35.9 Å². The monoisotopic (exact) mass is 381 g/mol. The van der Waals surface area contributed by atoms with Gasteiger partial charge in [-0.2, -0.15) is 0 Å². The lowest BCUT2D eigenvalue weighted by Gasteiger charge is -2.11. The van der Waals surface area contributed by atoms with Crippen LogP contribution in [0.1, 0.15) is 22.8 Å². The van der Waals surface area contributed by atoms with Gasteiger partial charge in [0, 0.05) is 17.8 Å². The first kappa shape index (κ1) is 18.7. The summed E-state index contributed by atoms with van der Waals surface area (Å²) in [6, 6.07) is 18.4. The van der Waals surface area contributed by atoms with Crippen LogP contribution in [0.3, 0.4) is 0 Å². The lowest BCUT2D eigenvalue weighted by Crippen LogP contribution is -2.13. The van der Waals surface area contributed by atoms with Gasteiger partial charge in [-0.25, -0.2) is 4.98 Å². The number of carbonyl (C=O) groups excluding carboxylic acids is 1. The molecule has 1 heterocycles. The molecule has 1 amide bonds. The predicted molar refractivity (Wildman–Crippen MR) is 109 cm³/mol. The number of rotatable bonds is 7. The minimum Gasteiger partial charge on any atom is -0.492 e. The summed E-state index contributed by atoms with van der Waals surface area (Å²) in [5, 5.41) is 6.78. The molecule has 0 bridgehead atoms. The molecular formula is C21H20ClN3O2. The highest BCUT2D eigenvalue weighted by Gasteiger charge is 2.10. The molecule has 2 N–H and O–H groups in total. The molecule has 1 aromatic heterocycles. The Morgan fingerprint density at radius 2 is 1.85 bits per heavy atom. The van der Waals surface area contributed by atoms with Crippen LogP contribution in [0, 0.1) is 0 Å². The Morgan fingerprint density at radius 3 is 2.56 bits per heavy atom. The highest BCUT2D eigenvalue weighted by Crippen LogP contribution is 2.24. The van der Waals surface area contributed by atoms with E-state index in [0.717, 1.165) is 5.56 Å². The fourth-order valence-electron chi connectivity index (χ4n) is 2.47. The lowest BCUT2D eigenvalue weighted by molar-refractivity contribution is 0.102. The largest absolute Gasteiger partial charge is 0.492 e. The molecule has 5 nitrogen and oxygen atoms in total. The molecule has 27 heavy (non-hydrogen) atoms. The van der Waals surface area contributed by atoms with Crippen molar-refractivity contribution in [1.82, 2.24) is 4.98 Å². The van der Waals surface area contributed by atoms with Gasteiger partial charge < -0.3 is 15.4 Å². The maximum atomic E-state index is 12.5. The number of halogens is 1. The SMILES string of the molecule is CCOc1ccccc1NC(=O)c1ccc(NCc2ccc(Cl)cc2)nc1. The number of para-hydroxylation sites is 2. The molecule has 6 heteroatoms. The summed E-state index contributed by atoms with van der Waals surface area (Å²) in [4.78, 5) is 16.8. The Morgan fingerprint density at radius 1 is 1.07 bits per heavy atom. The molecule has 0 saturated carbocycles. The van der Waals surface area contributed by atoms with E-state index in [1.165, 1.54) is 0 Å². The van der Waals surface area contributed by atoms with Crippen LogP contribution in [0.4, 0.5) is 11.5 Å². The fraction of sp³-hybridized carbons (Fsp3) is 0.143. The summed E-state index contributed by atoms with van der Waals surface area (Å²) < 4.78 is 5.53. The number of anilines is 2. The Balaban J connectivity index is 1.61. The molecule has 3 rings (SSSR count). The van der Waals surface area contributed by atoms with E-state index < -0.39 is 0 Å². The quantitative estimate of drug-likeness (QED) is 0.604. The van der Waals surface area contributed by atoms with Gasteiger partial charge in [0.15, 0.2) is 0 Å². The van der Waals surface area contributed by atoms with Gasteiger partial charge in [0.2, 0.25) is 0 Å². The van der Waals surface area contributed by atoms with Crippen LogP contribution in [-0.4, -0.2) is 17.5 Å². The van der Waals surface area contributed by atoms with Crippen molar-refractivity contribution in [3.63, 3.8) is 0 Å². The first-order chi connectivity index (χ1) is 13.2. The molecule has 0 fully saturated rings. The molecular weight excluding hydrogens is 362 g/mol. The number of aromatic nitrogens is 1. The van der Waals surface area contributed by atoms with Crippen LogP contribution < -0.4 is 15.4 Å². The van der Waals surface area contributed by atoms with Crippen molar-refractivity contribution in [1.29, 1.82) is 0 Å². The van der Waals surface area contributed by atoms with E-state index in [1.54, 1.807) is 24.4 Å². The Bertz CT molecular complexity index is 896. The topological polar surface area (TPSA) is 63.2 Å². The summed E-state index contributed by atoms with van der Waals surface area (Å²) in [7, 11) is 0. The summed E-state index contributed by atoms with van der Waals surface area (Å²) in [5.74, 6) is 1.10. The first-order valence-electron chi connectivity index (χ1n) is 8.63. The molecule has 138 valence electrons.